The molecule has 0 rings (SSSR count). The molecule has 0 aromatic heterocycles. The predicted octanol–water partition coefficient (Wildman–Crippen LogP) is 5.28. The second-order valence-electron chi connectivity index (χ2n) is 7.74. The Morgan fingerprint density at radius 2 is 1.33 bits per heavy atom. The van der Waals surface area contributed by atoms with E-state index < -0.39 is 26.7 Å². The van der Waals surface area contributed by atoms with Crippen molar-refractivity contribution in [2.24, 2.45) is 5.41 Å². The molecule has 160 valence electrons. The van der Waals surface area contributed by atoms with Gasteiger partial charge in [-0.05, 0) is 18.3 Å². The number of hydrogen-bond donors (Lipinski definition) is 0. The Bertz CT molecular complexity index is 530. The van der Waals surface area contributed by atoms with Crippen LogP contribution in [0.15, 0.2) is 0 Å². The summed E-state index contributed by atoms with van der Waals surface area (Å²) in [5, 5.41) is 0. The quantitative estimate of drug-likeness (QED) is 0.144. The van der Waals surface area contributed by atoms with Crippen molar-refractivity contribution in [3.8, 4) is 0 Å². The number of unbranched alkanes of at least 4 members (excludes halogenated alkanes) is 8. The molecule has 0 saturated heterocycles. The molecule has 0 saturated carbocycles. The molecule has 0 N–H and O–H groups in total. The first-order valence-electron chi connectivity index (χ1n) is 9.88. The van der Waals surface area contributed by atoms with Gasteiger partial charge in [-0.3, -0.25) is 13.8 Å². The minimum atomic E-state index is -4.04. The maximum Gasteiger partial charge on any atom is 0.355 e. The van der Waals surface area contributed by atoms with Crippen LogP contribution in [0.1, 0.15) is 97.8 Å². The van der Waals surface area contributed by atoms with Gasteiger partial charge in [-0.25, -0.2) is 0 Å². The van der Waals surface area contributed by atoms with Gasteiger partial charge in [0.2, 0.25) is 0 Å². The molecule has 6 nitrogen and oxygen atoms in total. The van der Waals surface area contributed by atoms with Gasteiger partial charge in [0, 0.05) is 23.5 Å². The fraction of sp³-hybridized carbons (Fsp3) is 0.895. The summed E-state index contributed by atoms with van der Waals surface area (Å²) in [4.78, 5) is 23.4. The maximum atomic E-state index is 11.7. The first-order chi connectivity index (χ1) is 12.6. The number of ether oxygens (including phenoxy) is 1. The monoisotopic (exact) mass is 426 g/mol. The van der Waals surface area contributed by atoms with Gasteiger partial charge >= 0.3 is 21.3 Å². The Kier molecular flexibility index (Phi) is 14.0. The summed E-state index contributed by atoms with van der Waals surface area (Å²) in [5.41, 5.74) is -0.582. The maximum absolute atomic E-state index is 11.7. The minimum Gasteiger partial charge on any atom is -0.393 e. The van der Waals surface area contributed by atoms with Gasteiger partial charge in [-0.2, -0.15) is 8.42 Å². The zero-order valence-electron chi connectivity index (χ0n) is 16.9. The summed E-state index contributed by atoms with van der Waals surface area (Å²) >= 11 is 0. The molecule has 0 amide bonds. The second-order valence-corrected chi connectivity index (χ2v) is 9.90. The Morgan fingerprint density at radius 3 is 1.85 bits per heavy atom. The first-order valence-corrected chi connectivity index (χ1v) is 12.1. The van der Waals surface area contributed by atoms with Crippen molar-refractivity contribution in [3.63, 3.8) is 0 Å². The Balaban J connectivity index is 3.76. The zero-order valence-corrected chi connectivity index (χ0v) is 18.5. The molecule has 0 heterocycles. The highest BCUT2D eigenvalue weighted by Gasteiger charge is 2.23. The van der Waals surface area contributed by atoms with Crippen molar-refractivity contribution in [1.29, 1.82) is 0 Å². The average molecular weight is 427 g/mol. The van der Waals surface area contributed by atoms with Crippen LogP contribution in [0.5, 0.6) is 0 Å². The van der Waals surface area contributed by atoms with E-state index in [-0.39, 0.29) is 19.4 Å². The van der Waals surface area contributed by atoms with E-state index in [9.17, 15) is 18.0 Å². The molecule has 0 aliphatic rings. The van der Waals surface area contributed by atoms with Gasteiger partial charge < -0.3 is 4.74 Å². The third-order valence-corrected chi connectivity index (χ3v) is 4.98. The minimum absolute atomic E-state index is 0.0161. The summed E-state index contributed by atoms with van der Waals surface area (Å²) in [6.45, 7) is 5.55. The first kappa shape index (κ1) is 26.3. The fourth-order valence-electron chi connectivity index (χ4n) is 2.55. The van der Waals surface area contributed by atoms with Crippen LogP contribution in [-0.4, -0.2) is 27.0 Å². The number of esters is 2. The summed E-state index contributed by atoms with van der Waals surface area (Å²) < 4.78 is 30.9. The molecule has 0 atom stereocenters. The molecule has 0 aromatic rings. The van der Waals surface area contributed by atoms with Gasteiger partial charge in [0.15, 0.2) is 0 Å². The lowest BCUT2D eigenvalue weighted by Crippen LogP contribution is -2.23. The largest absolute Gasteiger partial charge is 0.393 e. The Morgan fingerprint density at radius 1 is 0.852 bits per heavy atom. The number of hydrogen-bond acceptors (Lipinski definition) is 6. The van der Waals surface area contributed by atoms with Crippen LogP contribution in [0.3, 0.4) is 0 Å². The van der Waals surface area contributed by atoms with Crippen LogP contribution in [-0.2, 0) is 27.8 Å². The van der Waals surface area contributed by atoms with Gasteiger partial charge in [0.25, 0.3) is 0 Å². The van der Waals surface area contributed by atoms with Crippen LogP contribution >= 0.6 is 10.7 Å². The molecule has 0 bridgehead atoms. The van der Waals surface area contributed by atoms with Crippen LogP contribution < -0.4 is 0 Å². The molecule has 8 heteroatoms. The summed E-state index contributed by atoms with van der Waals surface area (Å²) in [6, 6.07) is 0. The number of carbonyl (C=O) groups excluding carboxylic acids is 2. The van der Waals surface area contributed by atoms with E-state index in [2.05, 4.69) is 11.1 Å². The van der Waals surface area contributed by atoms with E-state index in [1.54, 1.807) is 13.8 Å². The summed E-state index contributed by atoms with van der Waals surface area (Å²) in [7, 11) is 0.957. The number of rotatable bonds is 16. The van der Waals surface area contributed by atoms with Crippen LogP contribution in [0.25, 0.3) is 0 Å². The molecule has 0 radical (unpaired) electrons. The molecule has 0 fully saturated rings. The molecule has 27 heavy (non-hydrogen) atoms. The molecule has 0 aliphatic heterocycles. The third kappa shape index (κ3) is 18.5. The van der Waals surface area contributed by atoms with Crippen molar-refractivity contribution in [1.82, 2.24) is 0 Å². The third-order valence-electron chi connectivity index (χ3n) is 4.31. The highest BCUT2D eigenvalue weighted by atomic mass is 35.7. The lowest BCUT2D eigenvalue weighted by atomic mass is 9.89. The highest BCUT2D eigenvalue weighted by Crippen LogP contribution is 2.24. The number of carbonyl (C=O) groups is 2. The van der Waals surface area contributed by atoms with Crippen molar-refractivity contribution >= 4 is 32.0 Å². The molecule has 0 unspecified atom stereocenters. The SMILES string of the molecule is CCCCCCCCCCCC(=O)OC(=O)CCC(C)(C)COS(=O)(=O)Cl. The summed E-state index contributed by atoms with van der Waals surface area (Å²) in [5.74, 6) is -1.10. The van der Waals surface area contributed by atoms with Gasteiger partial charge in [0.1, 0.15) is 0 Å². The molecular formula is C19H35ClO6S. The van der Waals surface area contributed by atoms with Crippen molar-refractivity contribution in [3.05, 3.63) is 0 Å². The average Bonchev–Trinajstić information content (AvgIpc) is 2.56. The van der Waals surface area contributed by atoms with Crippen molar-refractivity contribution in [2.75, 3.05) is 6.61 Å². The summed E-state index contributed by atoms with van der Waals surface area (Å²) in [6.07, 6.45) is 11.0. The highest BCUT2D eigenvalue weighted by molar-refractivity contribution is 8.09. The van der Waals surface area contributed by atoms with E-state index in [0.29, 0.717) is 6.42 Å². The van der Waals surface area contributed by atoms with Gasteiger partial charge in [-0.15, -0.1) is 0 Å². The van der Waals surface area contributed by atoms with Crippen LogP contribution in [0, 0.1) is 5.41 Å². The van der Waals surface area contributed by atoms with E-state index >= 15 is 0 Å². The van der Waals surface area contributed by atoms with Crippen LogP contribution in [0.4, 0.5) is 0 Å². The van der Waals surface area contributed by atoms with E-state index in [4.69, 9.17) is 15.4 Å². The topological polar surface area (TPSA) is 86.7 Å². The fourth-order valence-corrected chi connectivity index (χ4v) is 3.14. The second kappa shape index (κ2) is 14.4. The van der Waals surface area contributed by atoms with Crippen LogP contribution in [0.2, 0.25) is 0 Å². The lowest BCUT2D eigenvalue weighted by molar-refractivity contribution is -0.160. The molecule has 0 aliphatic carbocycles. The molecule has 0 spiro atoms. The van der Waals surface area contributed by atoms with E-state index in [1.807, 2.05) is 0 Å². The van der Waals surface area contributed by atoms with Gasteiger partial charge in [-0.1, -0.05) is 72.1 Å². The normalized spacial score (nSPS) is 12.1. The smallest absolute Gasteiger partial charge is 0.355 e. The predicted molar refractivity (Wildman–Crippen MR) is 107 cm³/mol. The van der Waals surface area contributed by atoms with E-state index in [1.165, 1.54) is 38.5 Å². The van der Waals surface area contributed by atoms with E-state index in [0.717, 1.165) is 19.3 Å². The van der Waals surface area contributed by atoms with Gasteiger partial charge in [0.05, 0.1) is 6.61 Å². The van der Waals surface area contributed by atoms with Crippen molar-refractivity contribution in [2.45, 2.75) is 97.8 Å². The zero-order chi connectivity index (χ0) is 20.8. The standard InChI is InChI=1S/C19H35ClO6S/c1-4-5-6-7-8-9-10-11-12-13-17(21)26-18(22)14-15-19(2,3)16-25-27(20,23)24/h4-16H2,1-3H3. The molecular weight excluding hydrogens is 392 g/mol. The lowest BCUT2D eigenvalue weighted by Gasteiger charge is -2.22. The molecule has 0 aromatic carbocycles. The van der Waals surface area contributed by atoms with Crippen molar-refractivity contribution < 1.29 is 26.9 Å². The number of halogens is 1. The Hall–Kier alpha value is -0.660. The Labute approximate surface area is 168 Å².